The van der Waals surface area contributed by atoms with Gasteiger partial charge in [-0.25, -0.2) is 12.8 Å². The van der Waals surface area contributed by atoms with E-state index in [1.807, 2.05) is 0 Å². The summed E-state index contributed by atoms with van der Waals surface area (Å²) in [4.78, 5) is 2.41. The quantitative estimate of drug-likeness (QED) is 0.726. The van der Waals surface area contributed by atoms with Crippen molar-refractivity contribution in [1.82, 2.24) is 0 Å². The van der Waals surface area contributed by atoms with Crippen LogP contribution in [0.4, 0.5) is 5.69 Å². The number of piperidine rings is 1. The molecule has 0 aromatic heterocycles. The zero-order chi connectivity index (χ0) is 18.4. The number of benzene rings is 1. The first-order valence-electron chi connectivity index (χ1n) is 7.72. The van der Waals surface area contributed by atoms with Crippen molar-refractivity contribution in [3.8, 4) is 0 Å². The Hall–Kier alpha value is -0.600. The molecular formula is C16H27BrN2O3S2. The van der Waals surface area contributed by atoms with Crippen LogP contribution in [-0.4, -0.2) is 57.3 Å². The van der Waals surface area contributed by atoms with E-state index in [1.54, 1.807) is 12.5 Å². The van der Waals surface area contributed by atoms with Crippen LogP contribution in [0.25, 0.3) is 0 Å². The standard InChI is InChI=1S/C14H21BrN2OS.C2H6O2S/c1-19(2,18)16-11-12-7-9-17(10-8-12)14-5-3-13(15)4-6-14;1-5(2,3)4/h3-6,12H,7-11H2,1-2H3;1-2H3. The average Bonchev–Trinajstić information content (AvgIpc) is 2.44. The summed E-state index contributed by atoms with van der Waals surface area (Å²) in [6.45, 7) is 2.88. The maximum absolute atomic E-state index is 11.6. The van der Waals surface area contributed by atoms with Gasteiger partial charge in [0.25, 0.3) is 0 Å². The van der Waals surface area contributed by atoms with Crippen LogP contribution in [0.1, 0.15) is 12.8 Å². The number of anilines is 1. The minimum atomic E-state index is -2.67. The predicted molar refractivity (Wildman–Crippen MR) is 107 cm³/mol. The van der Waals surface area contributed by atoms with Crippen LogP contribution in [0.15, 0.2) is 33.1 Å². The molecule has 0 N–H and O–H groups in total. The van der Waals surface area contributed by atoms with Crippen LogP contribution in [0, 0.1) is 5.92 Å². The summed E-state index contributed by atoms with van der Waals surface area (Å²) in [6, 6.07) is 8.47. The Balaban J connectivity index is 0.000000505. The van der Waals surface area contributed by atoms with Gasteiger partial charge in [0.15, 0.2) is 0 Å². The second-order valence-electron chi connectivity index (χ2n) is 6.54. The topological polar surface area (TPSA) is 66.8 Å². The molecule has 0 radical (unpaired) electrons. The number of hydrogen-bond donors (Lipinski definition) is 0. The highest BCUT2D eigenvalue weighted by atomic mass is 79.9. The van der Waals surface area contributed by atoms with E-state index >= 15 is 0 Å². The van der Waals surface area contributed by atoms with E-state index in [1.165, 1.54) is 5.69 Å². The molecule has 1 heterocycles. The van der Waals surface area contributed by atoms with Gasteiger partial charge >= 0.3 is 0 Å². The van der Waals surface area contributed by atoms with Gasteiger partial charge in [-0.05, 0) is 43.0 Å². The molecular weight excluding hydrogens is 412 g/mol. The van der Waals surface area contributed by atoms with Crippen LogP contribution in [-0.2, 0) is 19.6 Å². The Bertz CT molecular complexity index is 715. The molecule has 1 fully saturated rings. The van der Waals surface area contributed by atoms with Crippen LogP contribution >= 0.6 is 15.9 Å². The minimum Gasteiger partial charge on any atom is -0.372 e. The number of hydrogen-bond acceptors (Lipinski definition) is 5. The fourth-order valence-electron chi connectivity index (χ4n) is 2.31. The Kier molecular flexibility index (Phi) is 8.22. The lowest BCUT2D eigenvalue weighted by molar-refractivity contribution is 0.416. The van der Waals surface area contributed by atoms with Crippen molar-refractivity contribution in [3.05, 3.63) is 28.7 Å². The molecule has 1 aliphatic heterocycles. The summed E-state index contributed by atoms with van der Waals surface area (Å²) in [7, 11) is -4.60. The van der Waals surface area contributed by atoms with Crippen LogP contribution in [0.5, 0.6) is 0 Å². The van der Waals surface area contributed by atoms with Crippen molar-refractivity contribution in [2.24, 2.45) is 10.3 Å². The first-order chi connectivity index (χ1) is 10.9. The van der Waals surface area contributed by atoms with Gasteiger partial charge < -0.3 is 4.90 Å². The van der Waals surface area contributed by atoms with E-state index in [0.717, 1.165) is 49.5 Å². The molecule has 0 bridgehead atoms. The molecule has 0 amide bonds. The summed E-state index contributed by atoms with van der Waals surface area (Å²) in [5, 5.41) is 0. The molecule has 8 heteroatoms. The van der Waals surface area contributed by atoms with Gasteiger partial charge in [0.2, 0.25) is 0 Å². The highest BCUT2D eigenvalue weighted by Gasteiger charge is 2.19. The summed E-state index contributed by atoms with van der Waals surface area (Å²) in [6.07, 6.45) is 8.01. The summed E-state index contributed by atoms with van der Waals surface area (Å²) in [5.41, 5.74) is 1.29. The van der Waals surface area contributed by atoms with Gasteiger partial charge in [-0.2, -0.15) is 0 Å². The Morgan fingerprint density at radius 3 is 1.92 bits per heavy atom. The van der Waals surface area contributed by atoms with Gasteiger partial charge in [-0.1, -0.05) is 15.9 Å². The summed E-state index contributed by atoms with van der Waals surface area (Å²) >= 11 is 3.46. The van der Waals surface area contributed by atoms with Crippen LogP contribution < -0.4 is 4.90 Å². The molecule has 0 saturated carbocycles. The lowest BCUT2D eigenvalue weighted by atomic mass is 9.97. The first kappa shape index (κ1) is 21.4. The maximum atomic E-state index is 11.6. The summed E-state index contributed by atoms with van der Waals surface area (Å²) in [5.74, 6) is 0.590. The van der Waals surface area contributed by atoms with E-state index in [4.69, 9.17) is 0 Å². The third-order valence-corrected chi connectivity index (χ3v) is 4.75. The third kappa shape index (κ3) is 10.3. The van der Waals surface area contributed by atoms with E-state index in [0.29, 0.717) is 5.92 Å². The van der Waals surface area contributed by atoms with Gasteiger partial charge in [-0.3, -0.25) is 4.21 Å². The molecule has 0 unspecified atom stereocenters. The van der Waals surface area contributed by atoms with Crippen molar-refractivity contribution in [2.75, 3.05) is 49.6 Å². The van der Waals surface area contributed by atoms with Crippen molar-refractivity contribution < 1.29 is 12.6 Å². The van der Waals surface area contributed by atoms with Gasteiger partial charge in [0, 0.05) is 58.0 Å². The zero-order valence-corrected chi connectivity index (χ0v) is 18.0. The molecule has 2 rings (SSSR count). The molecule has 0 aliphatic carbocycles. The smallest absolute Gasteiger partial charge is 0.144 e. The van der Waals surface area contributed by atoms with E-state index < -0.39 is 19.6 Å². The van der Waals surface area contributed by atoms with Crippen molar-refractivity contribution >= 4 is 41.2 Å². The fraction of sp³-hybridized carbons (Fsp3) is 0.625. The summed E-state index contributed by atoms with van der Waals surface area (Å²) < 4.78 is 36.2. The second-order valence-corrected chi connectivity index (χ2v) is 12.4. The molecule has 1 aromatic carbocycles. The van der Waals surface area contributed by atoms with Crippen LogP contribution in [0.3, 0.4) is 0 Å². The molecule has 138 valence electrons. The molecule has 24 heavy (non-hydrogen) atoms. The third-order valence-electron chi connectivity index (χ3n) is 3.45. The Labute approximate surface area is 155 Å². The molecule has 1 aromatic rings. The Morgan fingerprint density at radius 2 is 1.50 bits per heavy atom. The Morgan fingerprint density at radius 1 is 1.04 bits per heavy atom. The molecule has 1 aliphatic rings. The van der Waals surface area contributed by atoms with Crippen molar-refractivity contribution in [2.45, 2.75) is 12.8 Å². The fourth-order valence-corrected chi connectivity index (χ4v) is 3.14. The van der Waals surface area contributed by atoms with Gasteiger partial charge in [0.1, 0.15) is 9.84 Å². The predicted octanol–water partition coefficient (Wildman–Crippen LogP) is 3.05. The number of rotatable bonds is 3. The minimum absolute atomic E-state index is 0.590. The number of nitrogens with zero attached hydrogens (tertiary/aromatic N) is 2. The van der Waals surface area contributed by atoms with E-state index in [2.05, 4.69) is 49.5 Å². The second kappa shape index (κ2) is 9.20. The number of sulfone groups is 1. The number of halogens is 1. The van der Waals surface area contributed by atoms with Crippen LogP contribution in [0.2, 0.25) is 0 Å². The molecule has 1 saturated heterocycles. The SMILES string of the molecule is CS(C)(=O)=NCC1CCN(c2ccc(Br)cc2)CC1.CS(C)(=O)=O. The van der Waals surface area contributed by atoms with E-state index in [-0.39, 0.29) is 0 Å². The first-order valence-corrected chi connectivity index (χ1v) is 13.1. The largest absolute Gasteiger partial charge is 0.372 e. The monoisotopic (exact) mass is 438 g/mol. The zero-order valence-electron chi connectivity index (χ0n) is 14.7. The van der Waals surface area contributed by atoms with Gasteiger partial charge in [-0.15, -0.1) is 0 Å². The highest BCUT2D eigenvalue weighted by Crippen LogP contribution is 2.25. The lowest BCUT2D eigenvalue weighted by Gasteiger charge is -2.33. The van der Waals surface area contributed by atoms with Crippen molar-refractivity contribution in [3.63, 3.8) is 0 Å². The highest BCUT2D eigenvalue weighted by molar-refractivity contribution is 9.10. The van der Waals surface area contributed by atoms with Crippen molar-refractivity contribution in [1.29, 1.82) is 0 Å². The molecule has 0 spiro atoms. The van der Waals surface area contributed by atoms with Gasteiger partial charge in [0.05, 0.1) is 6.54 Å². The molecule has 0 atom stereocenters. The van der Waals surface area contributed by atoms with E-state index in [9.17, 15) is 12.6 Å². The maximum Gasteiger partial charge on any atom is 0.144 e. The molecule has 5 nitrogen and oxygen atoms in total. The average molecular weight is 439 g/mol. The normalized spacial score (nSPS) is 16.3. The lowest BCUT2D eigenvalue weighted by Crippen LogP contribution is -2.34.